The minimum atomic E-state index is -1.13. The number of anilines is 1. The molecule has 14 nitrogen and oxygen atoms in total. The van der Waals surface area contributed by atoms with Gasteiger partial charge in [0.15, 0.2) is 0 Å². The van der Waals surface area contributed by atoms with Crippen molar-refractivity contribution in [3.63, 3.8) is 0 Å². The van der Waals surface area contributed by atoms with Crippen LogP contribution in [0.1, 0.15) is 65.2 Å². The van der Waals surface area contributed by atoms with E-state index in [4.69, 9.17) is 14.2 Å². The number of phenolic OH excluding ortho intramolecular Hbond substituents is 1. The largest absolute Gasteiger partial charge is 0.508 e. The van der Waals surface area contributed by atoms with E-state index in [0.29, 0.717) is 25.0 Å². The lowest BCUT2D eigenvalue weighted by Crippen LogP contribution is -2.58. The zero-order chi connectivity index (χ0) is 33.3. The third-order valence-electron chi connectivity index (χ3n) is 6.18. The maximum atomic E-state index is 12.8. The molecule has 0 saturated heterocycles. The highest BCUT2D eigenvalue weighted by atomic mass is 16.5. The number of carbonyl (C=O) groups excluding carboxylic acids is 6. The van der Waals surface area contributed by atoms with E-state index >= 15 is 0 Å². The number of Topliss-reactive ketones (excluding diaryl/α,β-unsaturated/α-hetero) is 1. The number of hydrogen-bond donors (Lipinski definition) is 5. The van der Waals surface area contributed by atoms with Gasteiger partial charge in [-0.2, -0.15) is 0 Å². The van der Waals surface area contributed by atoms with Gasteiger partial charge in [-0.1, -0.05) is 6.92 Å². The fourth-order valence-corrected chi connectivity index (χ4v) is 3.90. The number of amides is 4. The molecule has 0 heterocycles. The zero-order valence-electron chi connectivity index (χ0n) is 26.3. The van der Waals surface area contributed by atoms with Crippen molar-refractivity contribution < 1.29 is 48.1 Å². The van der Waals surface area contributed by atoms with Crippen molar-refractivity contribution in [1.29, 1.82) is 0 Å². The van der Waals surface area contributed by atoms with Gasteiger partial charge in [0.1, 0.15) is 23.4 Å². The van der Waals surface area contributed by atoms with E-state index in [-0.39, 0.29) is 120 Å². The number of carbonyl (C=O) groups is 6. The van der Waals surface area contributed by atoms with Crippen LogP contribution in [0, 0.1) is 0 Å². The molecule has 1 aromatic carbocycles. The number of phenols is 1. The summed E-state index contributed by atoms with van der Waals surface area (Å²) in [4.78, 5) is 70.9. The molecular weight excluding hydrogens is 588 g/mol. The lowest BCUT2D eigenvalue weighted by Gasteiger charge is -2.34. The Morgan fingerprint density at radius 2 is 1.33 bits per heavy atom. The number of aldehydes is 1. The molecule has 0 saturated carbocycles. The maximum Gasteiger partial charge on any atom is 0.226 e. The number of benzene rings is 1. The summed E-state index contributed by atoms with van der Waals surface area (Å²) in [6.45, 7) is 4.19. The summed E-state index contributed by atoms with van der Waals surface area (Å²) in [6.07, 6.45) is 2.51. The number of rotatable bonds is 26. The van der Waals surface area contributed by atoms with Crippen molar-refractivity contribution in [2.75, 3.05) is 58.0 Å². The lowest BCUT2D eigenvalue weighted by atomic mass is 10.0. The maximum absolute atomic E-state index is 12.8. The molecule has 1 aromatic rings. The lowest BCUT2D eigenvalue weighted by molar-refractivity contribution is -0.130. The normalized spacial score (nSPS) is 12.0. The number of hydrogen-bond acceptors (Lipinski definition) is 10. The van der Waals surface area contributed by atoms with E-state index in [1.807, 2.05) is 6.92 Å². The second-order valence-electron chi connectivity index (χ2n) is 10.5. The molecule has 0 aliphatic rings. The quantitative estimate of drug-likeness (QED) is 0.0563. The SMILES string of the molecule is CCCOCC(COCCC(=O)NCCC=O)(COCCC(=O)NCCC(=O)Nc1ccc(O)cc1)NC(=O)CCCC(C)=O. The number of nitrogens with one attached hydrogen (secondary N) is 4. The minimum absolute atomic E-state index is 0.000146. The van der Waals surface area contributed by atoms with Crippen molar-refractivity contribution in [2.45, 2.75) is 70.8 Å². The predicted octanol–water partition coefficient (Wildman–Crippen LogP) is 1.40. The zero-order valence-corrected chi connectivity index (χ0v) is 26.3. The van der Waals surface area contributed by atoms with Gasteiger partial charge < -0.3 is 50.2 Å². The molecule has 0 aromatic heterocycles. The van der Waals surface area contributed by atoms with Gasteiger partial charge in [-0.05, 0) is 44.0 Å². The van der Waals surface area contributed by atoms with Crippen LogP contribution in [0.5, 0.6) is 5.75 Å². The number of ether oxygens (including phenoxy) is 3. The molecule has 0 aliphatic heterocycles. The van der Waals surface area contributed by atoms with Crippen molar-refractivity contribution >= 4 is 41.4 Å². The average Bonchev–Trinajstić information content (AvgIpc) is 2.99. The second kappa shape index (κ2) is 23.5. The van der Waals surface area contributed by atoms with Crippen LogP contribution in [0.15, 0.2) is 24.3 Å². The summed E-state index contributed by atoms with van der Waals surface area (Å²) in [5.74, 6) is -1.16. The van der Waals surface area contributed by atoms with E-state index in [1.165, 1.54) is 19.1 Å². The van der Waals surface area contributed by atoms with Gasteiger partial charge in [-0.15, -0.1) is 0 Å². The Kier molecular flexibility index (Phi) is 20.4. The first-order valence-electron chi connectivity index (χ1n) is 15.2. The van der Waals surface area contributed by atoms with Gasteiger partial charge in [-0.3, -0.25) is 19.2 Å². The van der Waals surface area contributed by atoms with Crippen LogP contribution < -0.4 is 21.3 Å². The molecule has 45 heavy (non-hydrogen) atoms. The van der Waals surface area contributed by atoms with Crippen LogP contribution in [-0.2, 0) is 43.0 Å². The van der Waals surface area contributed by atoms with Crippen molar-refractivity contribution in [3.05, 3.63) is 24.3 Å². The Hall–Kier alpha value is -3.88. The average molecular weight is 637 g/mol. The Morgan fingerprint density at radius 3 is 1.89 bits per heavy atom. The summed E-state index contributed by atoms with van der Waals surface area (Å²) < 4.78 is 17.3. The van der Waals surface area contributed by atoms with E-state index in [0.717, 1.165) is 6.42 Å². The minimum Gasteiger partial charge on any atom is -0.508 e. The molecule has 0 fully saturated rings. The molecule has 0 spiro atoms. The molecular formula is C31H48N4O10. The van der Waals surface area contributed by atoms with Gasteiger partial charge >= 0.3 is 0 Å². The summed E-state index contributed by atoms with van der Waals surface area (Å²) in [5, 5.41) is 20.2. The summed E-state index contributed by atoms with van der Waals surface area (Å²) >= 11 is 0. The van der Waals surface area contributed by atoms with Gasteiger partial charge in [-0.25, -0.2) is 0 Å². The Balaban J connectivity index is 2.66. The van der Waals surface area contributed by atoms with Crippen LogP contribution in [0.2, 0.25) is 0 Å². The van der Waals surface area contributed by atoms with Crippen LogP contribution >= 0.6 is 0 Å². The van der Waals surface area contributed by atoms with E-state index in [9.17, 15) is 33.9 Å². The first-order valence-corrected chi connectivity index (χ1v) is 15.2. The molecule has 0 aliphatic carbocycles. The van der Waals surface area contributed by atoms with Crippen LogP contribution in [0.25, 0.3) is 0 Å². The van der Waals surface area contributed by atoms with E-state index in [1.54, 1.807) is 12.1 Å². The molecule has 1 unspecified atom stereocenters. The first kappa shape index (κ1) is 39.1. The van der Waals surface area contributed by atoms with Gasteiger partial charge in [0.2, 0.25) is 23.6 Å². The van der Waals surface area contributed by atoms with Gasteiger partial charge in [0.05, 0.1) is 33.0 Å². The summed E-state index contributed by atoms with van der Waals surface area (Å²) in [7, 11) is 0. The second-order valence-corrected chi connectivity index (χ2v) is 10.5. The third kappa shape index (κ3) is 19.9. The Labute approximate surface area is 264 Å². The summed E-state index contributed by atoms with van der Waals surface area (Å²) in [6, 6.07) is 6.02. The predicted molar refractivity (Wildman–Crippen MR) is 165 cm³/mol. The molecule has 5 N–H and O–H groups in total. The molecule has 252 valence electrons. The van der Waals surface area contributed by atoms with Gasteiger partial charge in [0, 0.05) is 63.9 Å². The fraction of sp³-hybridized carbons (Fsp3) is 0.613. The van der Waals surface area contributed by atoms with Crippen LogP contribution in [0.3, 0.4) is 0 Å². The number of ketones is 1. The van der Waals surface area contributed by atoms with Crippen molar-refractivity contribution in [1.82, 2.24) is 16.0 Å². The van der Waals surface area contributed by atoms with Gasteiger partial charge in [0.25, 0.3) is 0 Å². The first-order chi connectivity index (χ1) is 21.6. The van der Waals surface area contributed by atoms with Crippen molar-refractivity contribution in [2.24, 2.45) is 0 Å². The molecule has 0 bridgehead atoms. The molecule has 1 rings (SSSR count). The van der Waals surface area contributed by atoms with Crippen molar-refractivity contribution in [3.8, 4) is 5.75 Å². The molecule has 1 atom stereocenters. The topological polar surface area (TPSA) is 198 Å². The Morgan fingerprint density at radius 1 is 0.756 bits per heavy atom. The monoisotopic (exact) mass is 636 g/mol. The fourth-order valence-electron chi connectivity index (χ4n) is 3.90. The summed E-state index contributed by atoms with van der Waals surface area (Å²) in [5.41, 5.74) is -0.601. The molecule has 4 amide bonds. The molecule has 0 radical (unpaired) electrons. The Bertz CT molecular complexity index is 1070. The molecule has 14 heteroatoms. The van der Waals surface area contributed by atoms with E-state index < -0.39 is 5.54 Å². The third-order valence-corrected chi connectivity index (χ3v) is 6.18. The highest BCUT2D eigenvalue weighted by molar-refractivity contribution is 5.91. The highest BCUT2D eigenvalue weighted by Crippen LogP contribution is 2.14. The van der Waals surface area contributed by atoms with Crippen LogP contribution in [-0.4, -0.2) is 99.1 Å². The van der Waals surface area contributed by atoms with E-state index in [2.05, 4.69) is 21.3 Å². The number of aromatic hydroxyl groups is 1. The standard InChI is InChI=1S/C31H48N4O10/c1-3-18-43-21-31(35-30(42)7-4-6-24(2)37,22-44-19-13-27(39)32-15-5-17-36)23-45-20-14-28(40)33-16-12-29(41)34-25-8-10-26(38)11-9-25/h8-11,17,38H,3-7,12-16,18-23H2,1-2H3,(H,32,39)(H,33,40)(H,34,41)(H,35,42). The highest BCUT2D eigenvalue weighted by Gasteiger charge is 2.33. The van der Waals surface area contributed by atoms with Crippen LogP contribution in [0.4, 0.5) is 5.69 Å². The smallest absolute Gasteiger partial charge is 0.226 e.